The number of rotatable bonds is 2. The van der Waals surface area contributed by atoms with E-state index < -0.39 is 0 Å². The largest absolute Gasteiger partial charge is 0.378 e. The summed E-state index contributed by atoms with van der Waals surface area (Å²) in [5, 5.41) is 0. The van der Waals surface area contributed by atoms with Crippen LogP contribution in [0, 0.1) is 0 Å². The fraction of sp³-hybridized carbons (Fsp3) is 0.625. The first kappa shape index (κ1) is 12.8. The fourth-order valence-electron chi connectivity index (χ4n) is 3.02. The minimum atomic E-state index is 0.855. The molecule has 2 heterocycles. The van der Waals surface area contributed by atoms with Gasteiger partial charge in [-0.3, -0.25) is 0 Å². The standard InChI is InChI=1S/C16H24N2O/c1-2-4-10-17(9-3-1)15-5-7-16(8-6-15)18-11-13-19-14-12-18/h5-8H,1-4,9-14H2. The first-order chi connectivity index (χ1) is 9.43. The second kappa shape index (κ2) is 6.29. The molecule has 0 aromatic heterocycles. The second-order valence-corrected chi connectivity index (χ2v) is 5.52. The first-order valence-corrected chi connectivity index (χ1v) is 7.61. The predicted molar refractivity (Wildman–Crippen MR) is 80.2 cm³/mol. The molecule has 3 heteroatoms. The lowest BCUT2D eigenvalue weighted by atomic mass is 10.2. The number of hydrogen-bond donors (Lipinski definition) is 0. The van der Waals surface area contributed by atoms with Crippen LogP contribution in [0.3, 0.4) is 0 Å². The van der Waals surface area contributed by atoms with Gasteiger partial charge in [0.25, 0.3) is 0 Å². The zero-order valence-corrected chi connectivity index (χ0v) is 11.7. The van der Waals surface area contributed by atoms with Gasteiger partial charge in [0.1, 0.15) is 0 Å². The highest BCUT2D eigenvalue weighted by atomic mass is 16.5. The van der Waals surface area contributed by atoms with E-state index in [2.05, 4.69) is 34.1 Å². The maximum atomic E-state index is 5.40. The summed E-state index contributed by atoms with van der Waals surface area (Å²) >= 11 is 0. The average Bonchev–Trinajstić information content (AvgIpc) is 2.77. The smallest absolute Gasteiger partial charge is 0.0642 e. The Morgan fingerprint density at radius 3 is 1.63 bits per heavy atom. The van der Waals surface area contributed by atoms with Crippen LogP contribution in [-0.2, 0) is 4.74 Å². The molecule has 104 valence electrons. The van der Waals surface area contributed by atoms with Crippen molar-refractivity contribution in [1.82, 2.24) is 0 Å². The van der Waals surface area contributed by atoms with E-state index in [-0.39, 0.29) is 0 Å². The summed E-state index contributed by atoms with van der Waals surface area (Å²) in [7, 11) is 0. The number of anilines is 2. The van der Waals surface area contributed by atoms with Gasteiger partial charge in [0, 0.05) is 37.6 Å². The summed E-state index contributed by atoms with van der Waals surface area (Å²) in [6.07, 6.45) is 5.46. The van der Waals surface area contributed by atoms with Crippen LogP contribution in [0.1, 0.15) is 25.7 Å². The van der Waals surface area contributed by atoms with E-state index in [1.807, 2.05) is 0 Å². The van der Waals surface area contributed by atoms with Gasteiger partial charge in [-0.05, 0) is 37.1 Å². The molecule has 3 nitrogen and oxygen atoms in total. The van der Waals surface area contributed by atoms with E-state index in [1.165, 1.54) is 50.1 Å². The number of hydrogen-bond acceptors (Lipinski definition) is 3. The zero-order valence-electron chi connectivity index (χ0n) is 11.7. The van der Waals surface area contributed by atoms with Crippen LogP contribution < -0.4 is 9.80 Å². The normalized spacial score (nSPS) is 21.3. The third kappa shape index (κ3) is 3.21. The summed E-state index contributed by atoms with van der Waals surface area (Å²) in [6, 6.07) is 9.11. The Kier molecular flexibility index (Phi) is 4.23. The van der Waals surface area contributed by atoms with E-state index in [4.69, 9.17) is 4.74 Å². The van der Waals surface area contributed by atoms with Gasteiger partial charge >= 0.3 is 0 Å². The highest BCUT2D eigenvalue weighted by molar-refractivity contribution is 5.56. The molecule has 0 spiro atoms. The van der Waals surface area contributed by atoms with Gasteiger partial charge in [-0.2, -0.15) is 0 Å². The molecule has 1 aromatic rings. The summed E-state index contributed by atoms with van der Waals surface area (Å²) < 4.78 is 5.40. The molecule has 0 amide bonds. The minimum absolute atomic E-state index is 0.855. The van der Waals surface area contributed by atoms with Crippen LogP contribution in [0.5, 0.6) is 0 Å². The van der Waals surface area contributed by atoms with E-state index in [0.29, 0.717) is 0 Å². The SMILES string of the molecule is c1cc(N2CCOCC2)ccc1N1CCCCCC1. The molecule has 2 fully saturated rings. The molecule has 0 aliphatic carbocycles. The van der Waals surface area contributed by atoms with Crippen molar-refractivity contribution in [2.24, 2.45) is 0 Å². The third-order valence-corrected chi connectivity index (χ3v) is 4.20. The van der Waals surface area contributed by atoms with Crippen molar-refractivity contribution < 1.29 is 4.74 Å². The van der Waals surface area contributed by atoms with Crippen LogP contribution in [0.4, 0.5) is 11.4 Å². The molecule has 0 N–H and O–H groups in total. The first-order valence-electron chi connectivity index (χ1n) is 7.61. The van der Waals surface area contributed by atoms with E-state index in [0.717, 1.165) is 26.3 Å². The molecule has 0 unspecified atom stereocenters. The Morgan fingerprint density at radius 1 is 0.632 bits per heavy atom. The third-order valence-electron chi connectivity index (χ3n) is 4.20. The molecule has 1 aromatic carbocycles. The fourth-order valence-corrected chi connectivity index (χ4v) is 3.02. The molecule has 0 bridgehead atoms. The molecule has 2 aliphatic heterocycles. The van der Waals surface area contributed by atoms with Crippen molar-refractivity contribution in [3.05, 3.63) is 24.3 Å². The van der Waals surface area contributed by atoms with Crippen LogP contribution in [-0.4, -0.2) is 39.4 Å². The van der Waals surface area contributed by atoms with Crippen LogP contribution in [0.2, 0.25) is 0 Å². The Morgan fingerprint density at radius 2 is 1.11 bits per heavy atom. The molecule has 3 rings (SSSR count). The van der Waals surface area contributed by atoms with Crippen molar-refractivity contribution in [2.75, 3.05) is 49.2 Å². The van der Waals surface area contributed by atoms with Crippen molar-refractivity contribution in [3.8, 4) is 0 Å². The van der Waals surface area contributed by atoms with Crippen LogP contribution in [0.25, 0.3) is 0 Å². The Bertz CT molecular complexity index is 376. The lowest BCUT2D eigenvalue weighted by Gasteiger charge is -2.29. The monoisotopic (exact) mass is 260 g/mol. The van der Waals surface area contributed by atoms with E-state index in [9.17, 15) is 0 Å². The molecular formula is C16H24N2O. The summed E-state index contributed by atoms with van der Waals surface area (Å²) in [5.74, 6) is 0. The maximum Gasteiger partial charge on any atom is 0.0642 e. The van der Waals surface area contributed by atoms with Gasteiger partial charge in [0.15, 0.2) is 0 Å². The molecular weight excluding hydrogens is 236 g/mol. The number of nitrogens with zero attached hydrogens (tertiary/aromatic N) is 2. The quantitative estimate of drug-likeness (QED) is 0.813. The van der Waals surface area contributed by atoms with Gasteiger partial charge in [-0.1, -0.05) is 12.8 Å². The van der Waals surface area contributed by atoms with E-state index >= 15 is 0 Å². The molecule has 2 saturated heterocycles. The van der Waals surface area contributed by atoms with Gasteiger partial charge in [0.05, 0.1) is 13.2 Å². The summed E-state index contributed by atoms with van der Waals surface area (Å²) in [4.78, 5) is 4.95. The Hall–Kier alpha value is -1.22. The Labute approximate surface area is 116 Å². The highest BCUT2D eigenvalue weighted by Gasteiger charge is 2.13. The lowest BCUT2D eigenvalue weighted by molar-refractivity contribution is 0.122. The van der Waals surface area contributed by atoms with Crippen molar-refractivity contribution in [1.29, 1.82) is 0 Å². The molecule has 0 atom stereocenters. The van der Waals surface area contributed by atoms with E-state index in [1.54, 1.807) is 0 Å². The van der Waals surface area contributed by atoms with Crippen molar-refractivity contribution >= 4 is 11.4 Å². The topological polar surface area (TPSA) is 15.7 Å². The Balaban J connectivity index is 1.67. The van der Waals surface area contributed by atoms with Crippen LogP contribution in [0.15, 0.2) is 24.3 Å². The molecule has 0 saturated carbocycles. The lowest BCUT2D eigenvalue weighted by Crippen LogP contribution is -2.36. The van der Waals surface area contributed by atoms with Crippen molar-refractivity contribution in [2.45, 2.75) is 25.7 Å². The predicted octanol–water partition coefficient (Wildman–Crippen LogP) is 2.90. The average molecular weight is 260 g/mol. The maximum absolute atomic E-state index is 5.40. The van der Waals surface area contributed by atoms with Crippen molar-refractivity contribution in [3.63, 3.8) is 0 Å². The number of morpholine rings is 1. The highest BCUT2D eigenvalue weighted by Crippen LogP contribution is 2.23. The second-order valence-electron chi connectivity index (χ2n) is 5.52. The number of benzene rings is 1. The molecule has 0 radical (unpaired) electrons. The molecule has 2 aliphatic rings. The van der Waals surface area contributed by atoms with Crippen LogP contribution >= 0.6 is 0 Å². The van der Waals surface area contributed by atoms with Gasteiger partial charge in [-0.15, -0.1) is 0 Å². The minimum Gasteiger partial charge on any atom is -0.378 e. The summed E-state index contributed by atoms with van der Waals surface area (Å²) in [6.45, 7) is 6.18. The van der Waals surface area contributed by atoms with Gasteiger partial charge in [0.2, 0.25) is 0 Å². The molecule has 19 heavy (non-hydrogen) atoms. The zero-order chi connectivity index (χ0) is 12.9. The van der Waals surface area contributed by atoms with Gasteiger partial charge < -0.3 is 14.5 Å². The number of ether oxygens (including phenoxy) is 1. The summed E-state index contributed by atoms with van der Waals surface area (Å²) in [5.41, 5.74) is 2.72. The van der Waals surface area contributed by atoms with Gasteiger partial charge in [-0.25, -0.2) is 0 Å².